The number of nitrogens with zero attached hydrogens (tertiary/aromatic N) is 1. The van der Waals surface area contributed by atoms with Gasteiger partial charge in [-0.15, -0.1) is 0 Å². The molecule has 1 aromatic carbocycles. The van der Waals surface area contributed by atoms with Gasteiger partial charge in [-0.25, -0.2) is 0 Å². The lowest BCUT2D eigenvalue weighted by molar-refractivity contribution is 0.112. The first-order valence-electron chi connectivity index (χ1n) is 7.55. The fourth-order valence-electron chi connectivity index (χ4n) is 2.24. The number of benzene rings is 1. The SMILES string of the molecule is CCN(CC)CCNc1cc(CCS(C)=O)c(C=O)cc1Cl. The van der Waals surface area contributed by atoms with Crippen molar-refractivity contribution in [2.45, 2.75) is 20.3 Å². The van der Waals surface area contributed by atoms with Crippen molar-refractivity contribution < 1.29 is 9.00 Å². The van der Waals surface area contributed by atoms with E-state index in [1.165, 1.54) is 0 Å². The van der Waals surface area contributed by atoms with Crippen molar-refractivity contribution in [1.29, 1.82) is 0 Å². The smallest absolute Gasteiger partial charge is 0.150 e. The number of anilines is 1. The van der Waals surface area contributed by atoms with E-state index < -0.39 is 10.8 Å². The molecule has 6 heteroatoms. The van der Waals surface area contributed by atoms with Gasteiger partial charge < -0.3 is 10.2 Å². The summed E-state index contributed by atoms with van der Waals surface area (Å²) in [6.45, 7) is 8.04. The van der Waals surface area contributed by atoms with Gasteiger partial charge in [0.2, 0.25) is 0 Å². The lowest BCUT2D eigenvalue weighted by Gasteiger charge is -2.19. The minimum absolute atomic E-state index is 0.543. The number of likely N-dealkylation sites (N-methyl/N-ethyl adjacent to an activating group) is 1. The lowest BCUT2D eigenvalue weighted by Crippen LogP contribution is -2.28. The van der Waals surface area contributed by atoms with Crippen LogP contribution in [0.3, 0.4) is 0 Å². The Balaban J connectivity index is 2.79. The van der Waals surface area contributed by atoms with Gasteiger partial charge >= 0.3 is 0 Å². The Morgan fingerprint density at radius 3 is 2.55 bits per heavy atom. The summed E-state index contributed by atoms with van der Waals surface area (Å²) in [5, 5.41) is 3.87. The van der Waals surface area contributed by atoms with Crippen molar-refractivity contribution in [3.8, 4) is 0 Å². The number of aryl methyl sites for hydroxylation is 1. The average molecular weight is 345 g/mol. The first kappa shape index (κ1) is 19.1. The van der Waals surface area contributed by atoms with Crippen LogP contribution in [-0.2, 0) is 17.2 Å². The van der Waals surface area contributed by atoms with Crippen molar-refractivity contribution in [1.82, 2.24) is 4.90 Å². The Hall–Kier alpha value is -0.910. The Morgan fingerprint density at radius 1 is 1.32 bits per heavy atom. The molecule has 0 aliphatic carbocycles. The Morgan fingerprint density at radius 2 is 2.00 bits per heavy atom. The van der Waals surface area contributed by atoms with Crippen molar-refractivity contribution in [3.05, 3.63) is 28.3 Å². The number of nitrogens with one attached hydrogen (secondary N) is 1. The zero-order valence-corrected chi connectivity index (χ0v) is 15.1. The predicted molar refractivity (Wildman–Crippen MR) is 95.8 cm³/mol. The predicted octanol–water partition coefficient (Wildman–Crippen LogP) is 2.83. The summed E-state index contributed by atoms with van der Waals surface area (Å²) in [5.41, 5.74) is 2.29. The third kappa shape index (κ3) is 6.07. The molecule has 124 valence electrons. The topological polar surface area (TPSA) is 49.4 Å². The van der Waals surface area contributed by atoms with Crippen LogP contribution in [0.25, 0.3) is 0 Å². The van der Waals surface area contributed by atoms with E-state index in [-0.39, 0.29) is 0 Å². The van der Waals surface area contributed by atoms with Crippen molar-refractivity contribution in [2.24, 2.45) is 0 Å². The van der Waals surface area contributed by atoms with Gasteiger partial charge in [-0.05, 0) is 37.2 Å². The third-order valence-corrected chi connectivity index (χ3v) is 4.74. The van der Waals surface area contributed by atoms with Crippen LogP contribution in [0.15, 0.2) is 12.1 Å². The number of hydrogen-bond acceptors (Lipinski definition) is 4. The van der Waals surface area contributed by atoms with Crippen LogP contribution in [0.1, 0.15) is 29.8 Å². The van der Waals surface area contributed by atoms with Gasteiger partial charge in [0.15, 0.2) is 0 Å². The fourth-order valence-corrected chi connectivity index (χ4v) is 2.98. The second-order valence-electron chi connectivity index (χ2n) is 5.13. The van der Waals surface area contributed by atoms with Crippen molar-refractivity contribution >= 4 is 34.4 Å². The van der Waals surface area contributed by atoms with Crippen LogP contribution in [0.5, 0.6) is 0 Å². The Bertz CT molecular complexity index is 519. The van der Waals surface area contributed by atoms with E-state index in [0.29, 0.717) is 22.8 Å². The van der Waals surface area contributed by atoms with Gasteiger partial charge in [0.05, 0.1) is 10.7 Å². The van der Waals surface area contributed by atoms with Crippen LogP contribution >= 0.6 is 11.6 Å². The summed E-state index contributed by atoms with van der Waals surface area (Å²) in [7, 11) is -0.878. The first-order chi connectivity index (χ1) is 10.5. The molecule has 0 aliphatic rings. The molecule has 0 amide bonds. The monoisotopic (exact) mass is 344 g/mol. The first-order valence-corrected chi connectivity index (χ1v) is 9.66. The molecule has 1 aromatic rings. The highest BCUT2D eigenvalue weighted by molar-refractivity contribution is 7.84. The van der Waals surface area contributed by atoms with Gasteiger partial charge in [-0.3, -0.25) is 9.00 Å². The summed E-state index contributed by atoms with van der Waals surface area (Å²) in [6, 6.07) is 3.59. The highest BCUT2D eigenvalue weighted by atomic mass is 35.5. The van der Waals surface area contributed by atoms with E-state index in [1.807, 2.05) is 6.07 Å². The standard InChI is InChI=1S/C16H25ClN2O2S/c1-4-19(5-2)8-7-18-16-11-13(6-9-22(3)21)14(12-20)10-15(16)17/h10-12,18H,4-9H2,1-3H3. The zero-order valence-electron chi connectivity index (χ0n) is 13.5. The van der Waals surface area contributed by atoms with Crippen LogP contribution in [0, 0.1) is 0 Å². The summed E-state index contributed by atoms with van der Waals surface area (Å²) in [6.07, 6.45) is 3.08. The van der Waals surface area contributed by atoms with Gasteiger partial charge in [-0.1, -0.05) is 25.4 Å². The average Bonchev–Trinajstić information content (AvgIpc) is 2.51. The molecule has 1 unspecified atom stereocenters. The van der Waals surface area contributed by atoms with Crippen LogP contribution in [0.4, 0.5) is 5.69 Å². The second kappa shape index (κ2) is 9.98. The fraction of sp³-hybridized carbons (Fsp3) is 0.562. The number of carbonyl (C=O) groups is 1. The quantitative estimate of drug-likeness (QED) is 0.663. The summed E-state index contributed by atoms with van der Waals surface area (Å²) >= 11 is 6.23. The minimum atomic E-state index is -0.878. The number of aldehydes is 1. The van der Waals surface area contributed by atoms with Crippen LogP contribution in [0.2, 0.25) is 5.02 Å². The zero-order chi connectivity index (χ0) is 16.5. The molecule has 0 saturated heterocycles. The maximum Gasteiger partial charge on any atom is 0.150 e. The van der Waals surface area contributed by atoms with Gasteiger partial charge in [0, 0.05) is 41.5 Å². The molecule has 0 fully saturated rings. The molecule has 1 N–H and O–H groups in total. The molecular weight excluding hydrogens is 320 g/mol. The molecule has 1 rings (SSSR count). The maximum absolute atomic E-state index is 11.3. The Kier molecular flexibility index (Phi) is 8.68. The molecule has 0 aliphatic heterocycles. The molecule has 0 saturated carbocycles. The molecule has 1 atom stereocenters. The van der Waals surface area contributed by atoms with Gasteiger partial charge in [0.25, 0.3) is 0 Å². The van der Waals surface area contributed by atoms with E-state index in [0.717, 1.165) is 43.7 Å². The molecule has 0 bridgehead atoms. The molecule has 4 nitrogen and oxygen atoms in total. The van der Waals surface area contributed by atoms with E-state index in [9.17, 15) is 9.00 Å². The molecule has 0 aromatic heterocycles. The van der Waals surface area contributed by atoms with E-state index in [4.69, 9.17) is 11.6 Å². The van der Waals surface area contributed by atoms with E-state index in [1.54, 1.807) is 12.3 Å². The van der Waals surface area contributed by atoms with Gasteiger partial charge in [-0.2, -0.15) is 0 Å². The summed E-state index contributed by atoms with van der Waals surface area (Å²) in [4.78, 5) is 13.5. The van der Waals surface area contributed by atoms with Crippen LogP contribution < -0.4 is 5.32 Å². The largest absolute Gasteiger partial charge is 0.383 e. The molecule has 0 radical (unpaired) electrons. The highest BCUT2D eigenvalue weighted by Crippen LogP contribution is 2.26. The minimum Gasteiger partial charge on any atom is -0.383 e. The number of halogens is 1. The number of rotatable bonds is 10. The molecular formula is C16H25ClN2O2S. The van der Waals surface area contributed by atoms with Crippen molar-refractivity contribution in [3.63, 3.8) is 0 Å². The molecule has 22 heavy (non-hydrogen) atoms. The number of carbonyl (C=O) groups excluding carboxylic acids is 1. The second-order valence-corrected chi connectivity index (χ2v) is 7.09. The van der Waals surface area contributed by atoms with E-state index in [2.05, 4.69) is 24.1 Å². The third-order valence-electron chi connectivity index (χ3n) is 3.65. The molecule has 0 spiro atoms. The molecule has 0 heterocycles. The van der Waals surface area contributed by atoms with Crippen LogP contribution in [-0.4, -0.2) is 53.6 Å². The van der Waals surface area contributed by atoms with Crippen molar-refractivity contribution in [2.75, 3.05) is 43.5 Å². The normalized spacial score (nSPS) is 12.4. The number of hydrogen-bond donors (Lipinski definition) is 1. The van der Waals surface area contributed by atoms with Gasteiger partial charge in [0.1, 0.15) is 6.29 Å². The highest BCUT2D eigenvalue weighted by Gasteiger charge is 2.09. The van der Waals surface area contributed by atoms with E-state index >= 15 is 0 Å². The maximum atomic E-state index is 11.3. The lowest BCUT2D eigenvalue weighted by atomic mass is 10.1. The Labute approximate surface area is 140 Å². The summed E-state index contributed by atoms with van der Waals surface area (Å²) < 4.78 is 11.3. The summed E-state index contributed by atoms with van der Waals surface area (Å²) in [5.74, 6) is 0.543.